The highest BCUT2D eigenvalue weighted by Crippen LogP contribution is 2.23. The number of carbonyl (C=O) groups excluding carboxylic acids is 1. The van der Waals surface area contributed by atoms with Gasteiger partial charge in [0.15, 0.2) is 0 Å². The maximum atomic E-state index is 13.7. The maximum Gasteiger partial charge on any atom is 0.274 e. The van der Waals surface area contributed by atoms with Crippen molar-refractivity contribution in [1.82, 2.24) is 9.97 Å². The van der Waals surface area contributed by atoms with Crippen LogP contribution in [0.4, 0.5) is 15.9 Å². The Kier molecular flexibility index (Phi) is 6.21. The Morgan fingerprint density at radius 1 is 1.11 bits per heavy atom. The van der Waals surface area contributed by atoms with Gasteiger partial charge in [0, 0.05) is 23.3 Å². The fourth-order valence-electron chi connectivity index (χ4n) is 2.73. The number of hydrogen-bond donors (Lipinski definition) is 2. The normalized spacial score (nSPS) is 10.6. The van der Waals surface area contributed by atoms with Gasteiger partial charge in [0.05, 0.1) is 0 Å². The highest BCUT2D eigenvalue weighted by atomic mass is 35.5. The Labute approximate surface area is 168 Å². The third-order valence-corrected chi connectivity index (χ3v) is 4.65. The minimum Gasteiger partial charge on any atom is -0.370 e. The van der Waals surface area contributed by atoms with Gasteiger partial charge in [-0.2, -0.15) is 0 Å². The monoisotopic (exact) mass is 398 g/mol. The molecule has 28 heavy (non-hydrogen) atoms. The Hall–Kier alpha value is -2.99. The molecule has 0 spiro atoms. The van der Waals surface area contributed by atoms with Crippen LogP contribution in [0.25, 0.3) is 0 Å². The second-order valence-electron chi connectivity index (χ2n) is 6.32. The summed E-state index contributed by atoms with van der Waals surface area (Å²) in [7, 11) is 0. The number of carbonyl (C=O) groups is 1. The van der Waals surface area contributed by atoms with E-state index < -0.39 is 0 Å². The van der Waals surface area contributed by atoms with Crippen molar-refractivity contribution < 1.29 is 9.18 Å². The highest BCUT2D eigenvalue weighted by molar-refractivity contribution is 6.31. The van der Waals surface area contributed by atoms with E-state index in [1.807, 2.05) is 6.92 Å². The van der Waals surface area contributed by atoms with Crippen LogP contribution in [-0.2, 0) is 6.42 Å². The quantitative estimate of drug-likeness (QED) is 0.626. The van der Waals surface area contributed by atoms with E-state index in [4.69, 9.17) is 11.6 Å². The first kappa shape index (κ1) is 19.8. The summed E-state index contributed by atoms with van der Waals surface area (Å²) in [6, 6.07) is 13.5. The Morgan fingerprint density at radius 2 is 1.89 bits per heavy atom. The molecule has 0 bridgehead atoms. The number of aromatic nitrogens is 2. The van der Waals surface area contributed by atoms with E-state index >= 15 is 0 Å². The summed E-state index contributed by atoms with van der Waals surface area (Å²) in [6.07, 6.45) is 0.499. The number of aryl methyl sites for hydroxylation is 1. The average molecular weight is 399 g/mol. The van der Waals surface area contributed by atoms with Gasteiger partial charge in [-0.15, -0.1) is 0 Å². The minimum absolute atomic E-state index is 0.236. The zero-order valence-corrected chi connectivity index (χ0v) is 16.3. The summed E-state index contributed by atoms with van der Waals surface area (Å²) in [5.74, 6) is 0.383. The molecule has 0 aliphatic heterocycles. The van der Waals surface area contributed by atoms with Crippen LogP contribution < -0.4 is 10.6 Å². The molecule has 3 aromatic rings. The lowest BCUT2D eigenvalue weighted by atomic mass is 10.1. The second-order valence-corrected chi connectivity index (χ2v) is 6.73. The van der Waals surface area contributed by atoms with E-state index in [2.05, 4.69) is 20.6 Å². The number of nitrogens with zero attached hydrogens (tertiary/aromatic N) is 2. The van der Waals surface area contributed by atoms with Crippen LogP contribution in [0.5, 0.6) is 0 Å². The summed E-state index contributed by atoms with van der Waals surface area (Å²) in [5, 5.41) is 6.52. The summed E-state index contributed by atoms with van der Waals surface area (Å²) in [5.41, 5.74) is 2.27. The van der Waals surface area contributed by atoms with Gasteiger partial charge in [0.2, 0.25) is 0 Å². The van der Waals surface area contributed by atoms with E-state index in [-0.39, 0.29) is 17.4 Å². The number of benzene rings is 2. The highest BCUT2D eigenvalue weighted by Gasteiger charge is 2.13. The molecule has 5 nitrogen and oxygen atoms in total. The lowest BCUT2D eigenvalue weighted by Gasteiger charge is -2.11. The summed E-state index contributed by atoms with van der Waals surface area (Å²) >= 11 is 6.10. The van der Waals surface area contributed by atoms with E-state index in [0.717, 1.165) is 5.56 Å². The third kappa shape index (κ3) is 4.84. The van der Waals surface area contributed by atoms with Crippen LogP contribution in [0.1, 0.15) is 27.4 Å². The van der Waals surface area contributed by atoms with Crippen LogP contribution >= 0.6 is 11.6 Å². The average Bonchev–Trinajstić information content (AvgIpc) is 2.66. The molecule has 0 atom stereocenters. The molecular weight excluding hydrogens is 379 g/mol. The number of anilines is 2. The SMILES string of the molecule is Cc1nc(NCCc2ccccc2F)cc(C(=O)Nc2cccc(Cl)c2C)n1. The summed E-state index contributed by atoms with van der Waals surface area (Å²) < 4.78 is 13.7. The molecule has 0 fully saturated rings. The lowest BCUT2D eigenvalue weighted by Crippen LogP contribution is -2.17. The van der Waals surface area contributed by atoms with Crippen molar-refractivity contribution in [1.29, 1.82) is 0 Å². The van der Waals surface area contributed by atoms with Gasteiger partial charge < -0.3 is 10.6 Å². The fraction of sp³-hybridized carbons (Fsp3) is 0.190. The van der Waals surface area contributed by atoms with Crippen LogP contribution in [0.2, 0.25) is 5.02 Å². The third-order valence-electron chi connectivity index (χ3n) is 4.24. The zero-order chi connectivity index (χ0) is 20.1. The van der Waals surface area contributed by atoms with Gasteiger partial charge in [-0.3, -0.25) is 4.79 Å². The van der Waals surface area contributed by atoms with Crippen molar-refractivity contribution in [3.63, 3.8) is 0 Å². The second kappa shape index (κ2) is 8.80. The lowest BCUT2D eigenvalue weighted by molar-refractivity contribution is 0.102. The largest absolute Gasteiger partial charge is 0.370 e. The number of amides is 1. The zero-order valence-electron chi connectivity index (χ0n) is 15.6. The molecule has 144 valence electrons. The first-order valence-electron chi connectivity index (χ1n) is 8.83. The summed E-state index contributed by atoms with van der Waals surface area (Å²) in [6.45, 7) is 4.02. The maximum absolute atomic E-state index is 13.7. The Morgan fingerprint density at radius 3 is 2.68 bits per heavy atom. The fourth-order valence-corrected chi connectivity index (χ4v) is 2.90. The molecule has 0 aliphatic rings. The van der Waals surface area contributed by atoms with Crippen LogP contribution in [0.15, 0.2) is 48.5 Å². The predicted molar refractivity (Wildman–Crippen MR) is 110 cm³/mol. The first-order chi connectivity index (χ1) is 13.4. The molecule has 0 radical (unpaired) electrons. The van der Waals surface area contributed by atoms with Gasteiger partial charge in [-0.25, -0.2) is 14.4 Å². The molecular formula is C21H20ClFN4O. The van der Waals surface area contributed by atoms with Gasteiger partial charge in [0.1, 0.15) is 23.2 Å². The van der Waals surface area contributed by atoms with Crippen LogP contribution in [-0.4, -0.2) is 22.4 Å². The van der Waals surface area contributed by atoms with Gasteiger partial charge >= 0.3 is 0 Å². The van der Waals surface area contributed by atoms with Crippen molar-refractivity contribution in [2.75, 3.05) is 17.2 Å². The molecule has 3 rings (SSSR count). The molecule has 7 heteroatoms. The molecule has 0 saturated carbocycles. The van der Waals surface area contributed by atoms with E-state index in [9.17, 15) is 9.18 Å². The van der Waals surface area contributed by atoms with Crippen molar-refractivity contribution in [2.45, 2.75) is 20.3 Å². The smallest absolute Gasteiger partial charge is 0.274 e. The molecule has 1 heterocycles. The van der Waals surface area contributed by atoms with Crippen molar-refractivity contribution in [3.05, 3.63) is 82.0 Å². The molecule has 1 aromatic heterocycles. The minimum atomic E-state index is -0.354. The predicted octanol–water partition coefficient (Wildman–Crippen LogP) is 4.79. The number of halogens is 2. The Bertz CT molecular complexity index is 1010. The first-order valence-corrected chi connectivity index (χ1v) is 9.21. The molecule has 0 aliphatic carbocycles. The topological polar surface area (TPSA) is 66.9 Å². The number of rotatable bonds is 6. The van der Waals surface area contributed by atoms with E-state index in [1.165, 1.54) is 6.07 Å². The van der Waals surface area contributed by atoms with Crippen molar-refractivity contribution in [2.24, 2.45) is 0 Å². The molecule has 1 amide bonds. The summed E-state index contributed by atoms with van der Waals surface area (Å²) in [4.78, 5) is 21.1. The molecule has 0 saturated heterocycles. The van der Waals surface area contributed by atoms with Crippen LogP contribution in [0, 0.1) is 19.7 Å². The van der Waals surface area contributed by atoms with Gasteiger partial charge in [0.25, 0.3) is 5.91 Å². The number of nitrogens with one attached hydrogen (secondary N) is 2. The number of hydrogen-bond acceptors (Lipinski definition) is 4. The van der Waals surface area contributed by atoms with Crippen molar-refractivity contribution >= 4 is 29.0 Å². The van der Waals surface area contributed by atoms with Gasteiger partial charge in [-0.1, -0.05) is 35.9 Å². The molecule has 2 N–H and O–H groups in total. The van der Waals surface area contributed by atoms with Gasteiger partial charge in [-0.05, 0) is 49.6 Å². The molecule has 2 aromatic carbocycles. The Balaban J connectivity index is 1.69. The van der Waals surface area contributed by atoms with E-state index in [0.29, 0.717) is 40.9 Å². The molecule has 0 unspecified atom stereocenters. The van der Waals surface area contributed by atoms with E-state index in [1.54, 1.807) is 49.4 Å². The van der Waals surface area contributed by atoms with Crippen LogP contribution in [0.3, 0.4) is 0 Å². The standard InChI is InChI=1S/C21H20ClFN4O/c1-13-16(22)7-5-9-18(13)27-21(28)19-12-20(26-14(2)25-19)24-11-10-15-6-3-4-8-17(15)23/h3-9,12H,10-11H2,1-2H3,(H,27,28)(H,24,25,26). The van der Waals surface area contributed by atoms with Crippen molar-refractivity contribution in [3.8, 4) is 0 Å².